The predicted molar refractivity (Wildman–Crippen MR) is 58.1 cm³/mol. The third-order valence-electron chi connectivity index (χ3n) is 2.50. The summed E-state index contributed by atoms with van der Waals surface area (Å²) in [4.78, 5) is 13.8. The molecule has 2 atom stereocenters. The monoisotopic (exact) mass is 196 g/mol. The van der Waals surface area contributed by atoms with Crippen molar-refractivity contribution >= 4 is 5.91 Å². The van der Waals surface area contributed by atoms with Crippen molar-refractivity contribution < 1.29 is 4.79 Å². The zero-order valence-electron chi connectivity index (χ0n) is 9.50. The number of hydrogen-bond acceptors (Lipinski definition) is 2. The van der Waals surface area contributed by atoms with Crippen molar-refractivity contribution in [3.63, 3.8) is 0 Å². The number of nitrogens with zero attached hydrogens (tertiary/aromatic N) is 1. The van der Waals surface area contributed by atoms with Gasteiger partial charge in [0.1, 0.15) is 0 Å². The molecule has 80 valence electrons. The molecule has 0 aliphatic carbocycles. The summed E-state index contributed by atoms with van der Waals surface area (Å²) < 4.78 is 0. The van der Waals surface area contributed by atoms with Crippen molar-refractivity contribution in [1.82, 2.24) is 10.2 Å². The fourth-order valence-corrected chi connectivity index (χ4v) is 1.89. The van der Waals surface area contributed by atoms with Crippen LogP contribution in [0.3, 0.4) is 0 Å². The Hall–Kier alpha value is -0.830. The van der Waals surface area contributed by atoms with E-state index in [4.69, 9.17) is 0 Å². The van der Waals surface area contributed by atoms with Gasteiger partial charge in [0, 0.05) is 31.2 Å². The zero-order chi connectivity index (χ0) is 10.7. The van der Waals surface area contributed by atoms with Gasteiger partial charge in [0.25, 0.3) is 0 Å². The minimum Gasteiger partial charge on any atom is -0.331 e. The van der Waals surface area contributed by atoms with Gasteiger partial charge in [-0.05, 0) is 27.7 Å². The lowest BCUT2D eigenvalue weighted by molar-refractivity contribution is -0.131. The first-order valence-corrected chi connectivity index (χ1v) is 5.20. The van der Waals surface area contributed by atoms with E-state index in [1.165, 1.54) is 0 Å². The van der Waals surface area contributed by atoms with Crippen LogP contribution in [-0.4, -0.2) is 36.0 Å². The van der Waals surface area contributed by atoms with Crippen LogP contribution < -0.4 is 5.32 Å². The summed E-state index contributed by atoms with van der Waals surface area (Å²) in [7, 11) is 0. The van der Waals surface area contributed by atoms with Crippen LogP contribution in [0.1, 0.15) is 27.7 Å². The summed E-state index contributed by atoms with van der Waals surface area (Å²) in [5, 5.41) is 3.31. The Balaban J connectivity index is 2.72. The maximum atomic E-state index is 11.9. The highest BCUT2D eigenvalue weighted by Gasteiger charge is 2.27. The maximum absolute atomic E-state index is 11.9. The van der Waals surface area contributed by atoms with Crippen LogP contribution in [0.2, 0.25) is 0 Å². The van der Waals surface area contributed by atoms with Crippen molar-refractivity contribution in [3.8, 4) is 0 Å². The molecule has 1 amide bonds. The molecule has 1 N–H and O–H groups in total. The molecule has 0 aromatic carbocycles. The first-order valence-electron chi connectivity index (χ1n) is 5.20. The van der Waals surface area contributed by atoms with Crippen LogP contribution in [0.4, 0.5) is 0 Å². The number of amides is 1. The molecule has 0 aromatic heterocycles. The Morgan fingerprint density at radius 2 is 1.79 bits per heavy atom. The van der Waals surface area contributed by atoms with E-state index in [-0.39, 0.29) is 5.91 Å². The van der Waals surface area contributed by atoms with E-state index in [1.807, 2.05) is 18.7 Å². The molecule has 3 nitrogen and oxygen atoms in total. The highest BCUT2D eigenvalue weighted by atomic mass is 16.2. The zero-order valence-corrected chi connectivity index (χ0v) is 9.50. The van der Waals surface area contributed by atoms with E-state index in [9.17, 15) is 4.79 Å². The highest BCUT2D eigenvalue weighted by Crippen LogP contribution is 2.11. The van der Waals surface area contributed by atoms with Crippen molar-refractivity contribution in [3.05, 3.63) is 11.6 Å². The molecule has 1 aliphatic heterocycles. The predicted octanol–water partition coefficient (Wildman–Crippen LogP) is 1.16. The summed E-state index contributed by atoms with van der Waals surface area (Å²) in [6.45, 7) is 9.86. The number of hydrogen-bond donors (Lipinski definition) is 1. The number of piperazine rings is 1. The van der Waals surface area contributed by atoms with Gasteiger partial charge in [-0.15, -0.1) is 0 Å². The van der Waals surface area contributed by atoms with E-state index in [0.29, 0.717) is 12.1 Å². The van der Waals surface area contributed by atoms with Crippen LogP contribution in [0.15, 0.2) is 11.6 Å². The number of nitrogens with one attached hydrogen (secondary N) is 1. The Labute approximate surface area is 86.2 Å². The van der Waals surface area contributed by atoms with E-state index < -0.39 is 0 Å². The van der Waals surface area contributed by atoms with Crippen molar-refractivity contribution in [2.75, 3.05) is 13.1 Å². The Kier molecular flexibility index (Phi) is 3.69. The summed E-state index contributed by atoms with van der Waals surface area (Å²) in [6.07, 6.45) is 1.72. The van der Waals surface area contributed by atoms with Crippen LogP contribution >= 0.6 is 0 Å². The normalized spacial score (nSPS) is 27.3. The van der Waals surface area contributed by atoms with E-state index >= 15 is 0 Å². The molecule has 1 fully saturated rings. The molecule has 0 spiro atoms. The molecule has 0 unspecified atom stereocenters. The van der Waals surface area contributed by atoms with Gasteiger partial charge in [-0.2, -0.15) is 0 Å². The van der Waals surface area contributed by atoms with Crippen LogP contribution in [-0.2, 0) is 4.79 Å². The van der Waals surface area contributed by atoms with Gasteiger partial charge in [0.2, 0.25) is 5.91 Å². The number of carbonyl (C=O) groups is 1. The first kappa shape index (κ1) is 11.2. The number of allylic oxidation sites excluding steroid dienone is 1. The lowest BCUT2D eigenvalue weighted by atomic mass is 10.1. The average molecular weight is 196 g/mol. The molecule has 3 heteroatoms. The van der Waals surface area contributed by atoms with Gasteiger partial charge in [-0.25, -0.2) is 0 Å². The molecule has 1 aliphatic rings. The lowest BCUT2D eigenvalue weighted by Gasteiger charge is -2.39. The smallest absolute Gasteiger partial charge is 0.247 e. The second-order valence-corrected chi connectivity index (χ2v) is 4.32. The lowest BCUT2D eigenvalue weighted by Crippen LogP contribution is -2.56. The van der Waals surface area contributed by atoms with Gasteiger partial charge in [0.15, 0.2) is 0 Å². The molecule has 0 aromatic rings. The fourth-order valence-electron chi connectivity index (χ4n) is 1.89. The van der Waals surface area contributed by atoms with Gasteiger partial charge in [-0.1, -0.05) is 5.57 Å². The Morgan fingerprint density at radius 3 is 2.21 bits per heavy atom. The maximum Gasteiger partial charge on any atom is 0.247 e. The average Bonchev–Trinajstić information content (AvgIpc) is 2.01. The number of rotatable bonds is 1. The van der Waals surface area contributed by atoms with Crippen molar-refractivity contribution in [1.29, 1.82) is 0 Å². The van der Waals surface area contributed by atoms with Crippen LogP contribution in [0.25, 0.3) is 0 Å². The third kappa shape index (κ3) is 2.58. The van der Waals surface area contributed by atoms with Crippen LogP contribution in [0.5, 0.6) is 0 Å². The van der Waals surface area contributed by atoms with Crippen molar-refractivity contribution in [2.24, 2.45) is 0 Å². The Morgan fingerprint density at radius 1 is 1.29 bits per heavy atom. The third-order valence-corrected chi connectivity index (χ3v) is 2.50. The van der Waals surface area contributed by atoms with Crippen molar-refractivity contribution in [2.45, 2.75) is 39.8 Å². The molecule has 0 bridgehead atoms. The molecular formula is C11H20N2O. The summed E-state index contributed by atoms with van der Waals surface area (Å²) in [5.41, 5.74) is 1.06. The highest BCUT2D eigenvalue weighted by molar-refractivity contribution is 5.88. The Bertz CT molecular complexity index is 234. The van der Waals surface area contributed by atoms with Gasteiger partial charge in [-0.3, -0.25) is 4.79 Å². The van der Waals surface area contributed by atoms with Gasteiger partial charge < -0.3 is 10.2 Å². The largest absolute Gasteiger partial charge is 0.331 e. The minimum atomic E-state index is 0.145. The molecule has 1 rings (SSSR count). The SMILES string of the molecule is CC(C)=CC(=O)N1[C@H](C)CNC[C@@H]1C. The standard InChI is InChI=1S/C11H20N2O/c1-8(2)5-11(14)13-9(3)6-12-7-10(13)4/h5,9-10,12H,6-7H2,1-4H3/t9-,10+. The summed E-state index contributed by atoms with van der Waals surface area (Å²) >= 11 is 0. The van der Waals surface area contributed by atoms with Gasteiger partial charge >= 0.3 is 0 Å². The molecular weight excluding hydrogens is 176 g/mol. The second-order valence-electron chi connectivity index (χ2n) is 4.32. The van der Waals surface area contributed by atoms with E-state index in [0.717, 1.165) is 18.7 Å². The molecule has 1 heterocycles. The first-order chi connectivity index (χ1) is 6.52. The van der Waals surface area contributed by atoms with Crippen LogP contribution in [0, 0.1) is 0 Å². The minimum absolute atomic E-state index is 0.145. The number of carbonyl (C=O) groups excluding carboxylic acids is 1. The summed E-state index contributed by atoms with van der Waals surface area (Å²) in [5.74, 6) is 0.145. The topological polar surface area (TPSA) is 32.3 Å². The van der Waals surface area contributed by atoms with E-state index in [2.05, 4.69) is 19.2 Å². The molecule has 14 heavy (non-hydrogen) atoms. The molecule has 1 saturated heterocycles. The molecule has 0 saturated carbocycles. The summed E-state index contributed by atoms with van der Waals surface area (Å²) in [6, 6.07) is 0.587. The fraction of sp³-hybridized carbons (Fsp3) is 0.727. The van der Waals surface area contributed by atoms with Gasteiger partial charge in [0.05, 0.1) is 0 Å². The van der Waals surface area contributed by atoms with E-state index in [1.54, 1.807) is 6.08 Å². The quantitative estimate of drug-likeness (QED) is 0.638. The molecule has 0 radical (unpaired) electrons. The second kappa shape index (κ2) is 4.60.